The summed E-state index contributed by atoms with van der Waals surface area (Å²) >= 11 is 0. The first kappa shape index (κ1) is 21.8. The predicted molar refractivity (Wildman–Crippen MR) is 124 cm³/mol. The van der Waals surface area contributed by atoms with Crippen LogP contribution in [-0.4, -0.2) is 43.6 Å². The van der Waals surface area contributed by atoms with Crippen LogP contribution >= 0.6 is 0 Å². The molecule has 1 N–H and O–H groups in total. The normalized spacial score (nSPS) is 17.6. The number of aryl methyl sites for hydroxylation is 1. The van der Waals surface area contributed by atoms with E-state index in [4.69, 9.17) is 9.51 Å². The van der Waals surface area contributed by atoms with Crippen LogP contribution < -0.4 is 5.32 Å². The van der Waals surface area contributed by atoms with E-state index >= 15 is 0 Å². The van der Waals surface area contributed by atoms with Crippen LogP contribution in [0.15, 0.2) is 34.9 Å². The zero-order chi connectivity index (χ0) is 23.2. The van der Waals surface area contributed by atoms with E-state index in [9.17, 15) is 4.79 Å². The minimum absolute atomic E-state index is 0.204. The van der Waals surface area contributed by atoms with Gasteiger partial charge in [-0.25, -0.2) is 4.98 Å². The van der Waals surface area contributed by atoms with Crippen LogP contribution in [-0.2, 0) is 13.1 Å². The SMILES string of the molecule is Cc1noc([C@@H](NC(=O)c2nc(-c3ccccc3)n3c2CN(CC2CC2)CC3)C(C)(C)C)n1. The quantitative estimate of drug-likeness (QED) is 0.613. The number of imidazole rings is 1. The topological polar surface area (TPSA) is 89.1 Å². The lowest BCUT2D eigenvalue weighted by Crippen LogP contribution is -2.39. The van der Waals surface area contributed by atoms with Gasteiger partial charge in [-0.05, 0) is 31.1 Å². The van der Waals surface area contributed by atoms with Crippen molar-refractivity contribution in [1.82, 2.24) is 29.9 Å². The van der Waals surface area contributed by atoms with Gasteiger partial charge in [0.2, 0.25) is 5.89 Å². The Balaban J connectivity index is 1.49. The van der Waals surface area contributed by atoms with Gasteiger partial charge in [-0.15, -0.1) is 0 Å². The number of nitrogens with one attached hydrogen (secondary N) is 1. The average molecular weight is 449 g/mol. The second-order valence-corrected chi connectivity index (χ2v) is 10.4. The van der Waals surface area contributed by atoms with E-state index in [0.717, 1.165) is 49.2 Å². The Hall–Kier alpha value is -3.00. The van der Waals surface area contributed by atoms with E-state index in [1.807, 2.05) is 51.1 Å². The van der Waals surface area contributed by atoms with E-state index in [2.05, 4.69) is 24.9 Å². The van der Waals surface area contributed by atoms with Gasteiger partial charge in [-0.1, -0.05) is 56.3 Å². The lowest BCUT2D eigenvalue weighted by atomic mass is 9.86. The van der Waals surface area contributed by atoms with Gasteiger partial charge in [0.15, 0.2) is 11.5 Å². The maximum Gasteiger partial charge on any atom is 0.272 e. The number of carbonyl (C=O) groups is 1. The fraction of sp³-hybridized carbons (Fsp3) is 0.520. The molecule has 0 spiro atoms. The van der Waals surface area contributed by atoms with Crippen LogP contribution in [0.3, 0.4) is 0 Å². The fourth-order valence-corrected chi connectivity index (χ4v) is 4.51. The fourth-order valence-electron chi connectivity index (χ4n) is 4.51. The van der Waals surface area contributed by atoms with E-state index in [0.29, 0.717) is 17.4 Å². The summed E-state index contributed by atoms with van der Waals surface area (Å²) in [6.45, 7) is 11.6. The van der Waals surface area contributed by atoms with Crippen molar-refractivity contribution in [1.29, 1.82) is 0 Å². The number of hydrogen-bond donors (Lipinski definition) is 1. The Morgan fingerprint density at radius 2 is 1.94 bits per heavy atom. The van der Waals surface area contributed by atoms with Crippen molar-refractivity contribution >= 4 is 5.91 Å². The number of nitrogens with zero attached hydrogens (tertiary/aromatic N) is 5. The van der Waals surface area contributed by atoms with Crippen LogP contribution in [0.25, 0.3) is 11.4 Å². The molecular weight excluding hydrogens is 416 g/mol. The molecule has 1 atom stereocenters. The van der Waals surface area contributed by atoms with Gasteiger partial charge in [0, 0.05) is 31.7 Å². The second kappa shape index (κ2) is 8.41. The standard InChI is InChI=1S/C25H32N6O2/c1-16-26-24(33-29-16)21(25(2,3)4)28-23(32)20-19-15-30(14-17-10-11-17)12-13-31(19)22(27-20)18-8-6-5-7-9-18/h5-9,17,21H,10-15H2,1-4H3,(H,28,32)/t21-/m1/s1. The van der Waals surface area contributed by atoms with Gasteiger partial charge in [0.05, 0.1) is 5.69 Å². The molecule has 2 aromatic heterocycles. The van der Waals surface area contributed by atoms with Crippen molar-refractivity contribution < 1.29 is 9.32 Å². The third-order valence-corrected chi connectivity index (χ3v) is 6.48. The Morgan fingerprint density at radius 1 is 1.18 bits per heavy atom. The molecule has 0 unspecified atom stereocenters. The molecule has 3 heterocycles. The first-order valence-electron chi connectivity index (χ1n) is 11.8. The van der Waals surface area contributed by atoms with Crippen molar-refractivity contribution in [2.45, 2.75) is 59.7 Å². The number of amides is 1. The lowest BCUT2D eigenvalue weighted by Gasteiger charge is -2.30. The summed E-state index contributed by atoms with van der Waals surface area (Å²) in [6, 6.07) is 9.68. The van der Waals surface area contributed by atoms with E-state index in [1.54, 1.807) is 6.92 Å². The second-order valence-electron chi connectivity index (χ2n) is 10.4. The van der Waals surface area contributed by atoms with Gasteiger partial charge >= 0.3 is 0 Å². The molecule has 0 saturated heterocycles. The number of hydrogen-bond acceptors (Lipinski definition) is 6. The highest BCUT2D eigenvalue weighted by Gasteiger charge is 2.36. The van der Waals surface area contributed by atoms with Crippen LogP contribution in [0.4, 0.5) is 0 Å². The van der Waals surface area contributed by atoms with Gasteiger partial charge in [-0.3, -0.25) is 9.69 Å². The molecule has 8 heteroatoms. The van der Waals surface area contributed by atoms with Crippen LogP contribution in [0.1, 0.15) is 67.6 Å². The highest BCUT2D eigenvalue weighted by atomic mass is 16.5. The number of carbonyl (C=O) groups excluding carboxylic acids is 1. The summed E-state index contributed by atoms with van der Waals surface area (Å²) in [6.07, 6.45) is 2.63. The minimum atomic E-state index is -0.421. The zero-order valence-electron chi connectivity index (χ0n) is 19.8. The number of benzene rings is 1. The summed E-state index contributed by atoms with van der Waals surface area (Å²) in [5.41, 5.74) is 2.18. The molecule has 1 aromatic carbocycles. The summed E-state index contributed by atoms with van der Waals surface area (Å²) < 4.78 is 7.65. The van der Waals surface area contributed by atoms with Gasteiger partial charge in [0.1, 0.15) is 11.9 Å². The molecule has 174 valence electrons. The molecular formula is C25H32N6O2. The molecule has 0 bridgehead atoms. The minimum Gasteiger partial charge on any atom is -0.338 e. The van der Waals surface area contributed by atoms with E-state index < -0.39 is 6.04 Å². The molecule has 1 saturated carbocycles. The van der Waals surface area contributed by atoms with Crippen LogP contribution in [0.2, 0.25) is 0 Å². The molecule has 3 aromatic rings. The monoisotopic (exact) mass is 448 g/mol. The highest BCUT2D eigenvalue weighted by Crippen LogP contribution is 2.34. The Morgan fingerprint density at radius 3 is 2.58 bits per heavy atom. The van der Waals surface area contributed by atoms with E-state index in [1.165, 1.54) is 12.8 Å². The molecule has 0 radical (unpaired) electrons. The summed E-state index contributed by atoms with van der Waals surface area (Å²) in [5, 5.41) is 7.08. The predicted octanol–water partition coefficient (Wildman–Crippen LogP) is 3.98. The van der Waals surface area contributed by atoms with Crippen LogP contribution in [0, 0.1) is 18.3 Å². The van der Waals surface area contributed by atoms with Crippen molar-refractivity contribution in [2.24, 2.45) is 11.3 Å². The summed E-state index contributed by atoms with van der Waals surface area (Å²) in [4.78, 5) is 25.4. The molecule has 1 aliphatic carbocycles. The molecule has 1 amide bonds. The lowest BCUT2D eigenvalue weighted by molar-refractivity contribution is 0.0872. The highest BCUT2D eigenvalue weighted by molar-refractivity contribution is 5.94. The Bertz CT molecular complexity index is 1140. The molecule has 1 aliphatic heterocycles. The van der Waals surface area contributed by atoms with Crippen LogP contribution in [0.5, 0.6) is 0 Å². The first-order chi connectivity index (χ1) is 15.8. The Kier molecular flexibility index (Phi) is 5.56. The summed E-state index contributed by atoms with van der Waals surface area (Å²) in [5.74, 6) is 2.42. The van der Waals surface area contributed by atoms with Gasteiger partial charge < -0.3 is 14.4 Å². The van der Waals surface area contributed by atoms with E-state index in [-0.39, 0.29) is 11.3 Å². The Labute approximate surface area is 194 Å². The van der Waals surface area contributed by atoms with Crippen molar-refractivity contribution in [3.63, 3.8) is 0 Å². The average Bonchev–Trinajstić information content (AvgIpc) is 3.36. The van der Waals surface area contributed by atoms with Crippen molar-refractivity contribution in [3.05, 3.63) is 53.4 Å². The van der Waals surface area contributed by atoms with Gasteiger partial charge in [0.25, 0.3) is 5.91 Å². The molecule has 5 rings (SSSR count). The molecule has 2 aliphatic rings. The maximum absolute atomic E-state index is 13.6. The van der Waals surface area contributed by atoms with Gasteiger partial charge in [-0.2, -0.15) is 4.98 Å². The van der Waals surface area contributed by atoms with Crippen molar-refractivity contribution in [3.8, 4) is 11.4 Å². The number of rotatable bonds is 6. The first-order valence-corrected chi connectivity index (χ1v) is 11.8. The zero-order valence-corrected chi connectivity index (χ0v) is 19.8. The smallest absolute Gasteiger partial charge is 0.272 e. The number of aromatic nitrogens is 4. The third kappa shape index (κ3) is 4.57. The van der Waals surface area contributed by atoms with Crippen molar-refractivity contribution in [2.75, 3.05) is 13.1 Å². The molecule has 8 nitrogen and oxygen atoms in total. The molecule has 33 heavy (non-hydrogen) atoms. The number of fused-ring (bicyclic) bond motifs is 1. The summed E-state index contributed by atoms with van der Waals surface area (Å²) in [7, 11) is 0. The third-order valence-electron chi connectivity index (χ3n) is 6.48. The molecule has 1 fully saturated rings. The largest absolute Gasteiger partial charge is 0.338 e. The maximum atomic E-state index is 13.6.